The zero-order valence-corrected chi connectivity index (χ0v) is 16.5. The van der Waals surface area contributed by atoms with Crippen LogP contribution in [0.4, 0.5) is 5.82 Å². The topological polar surface area (TPSA) is 57.3 Å². The fourth-order valence-electron chi connectivity index (χ4n) is 3.55. The number of nitrogens with zero attached hydrogens (tertiary/aromatic N) is 2. The van der Waals surface area contributed by atoms with Crippen LogP contribution in [0.25, 0.3) is 0 Å². The van der Waals surface area contributed by atoms with Crippen LogP contribution >= 0.6 is 11.6 Å². The maximum Gasteiger partial charge on any atom is 0.251 e. The molecule has 0 spiro atoms. The molecule has 1 aliphatic heterocycles. The number of aromatic nitrogens is 1. The summed E-state index contributed by atoms with van der Waals surface area (Å²) in [6.45, 7) is 2.68. The molecule has 1 saturated heterocycles. The third kappa shape index (κ3) is 5.44. The quantitative estimate of drug-likeness (QED) is 0.783. The molecule has 27 heavy (non-hydrogen) atoms. The molecule has 5 nitrogen and oxygen atoms in total. The van der Waals surface area contributed by atoms with Gasteiger partial charge in [0.25, 0.3) is 5.91 Å². The molecule has 0 radical (unpaired) electrons. The molecule has 1 aliphatic rings. The smallest absolute Gasteiger partial charge is 0.251 e. The summed E-state index contributed by atoms with van der Waals surface area (Å²) < 4.78 is 0. The number of rotatable bonds is 6. The van der Waals surface area contributed by atoms with E-state index in [2.05, 4.69) is 32.7 Å². The predicted octanol–water partition coefficient (Wildman–Crippen LogP) is 4.12. The molecule has 0 saturated carbocycles. The van der Waals surface area contributed by atoms with Gasteiger partial charge in [-0.25, -0.2) is 4.98 Å². The molecular formula is C21H27ClN4O. The lowest BCUT2D eigenvalue weighted by Crippen LogP contribution is -2.38. The second kappa shape index (κ2) is 9.72. The van der Waals surface area contributed by atoms with Gasteiger partial charge in [0.2, 0.25) is 0 Å². The molecule has 1 atom stereocenters. The van der Waals surface area contributed by atoms with Crippen LogP contribution < -0.4 is 10.6 Å². The van der Waals surface area contributed by atoms with Crippen molar-refractivity contribution in [1.82, 2.24) is 15.2 Å². The van der Waals surface area contributed by atoms with Crippen LogP contribution in [0, 0.1) is 0 Å². The van der Waals surface area contributed by atoms with E-state index in [1.165, 1.54) is 31.2 Å². The number of pyridine rings is 1. The Labute approximate surface area is 166 Å². The fraction of sp³-hybridized carbons (Fsp3) is 0.429. The van der Waals surface area contributed by atoms with Gasteiger partial charge in [0.15, 0.2) is 0 Å². The number of hydrogen-bond acceptors (Lipinski definition) is 4. The number of carbonyl (C=O) groups excluding carboxylic acids is 1. The van der Waals surface area contributed by atoms with Gasteiger partial charge in [0.1, 0.15) is 5.82 Å². The number of benzene rings is 1. The highest BCUT2D eigenvalue weighted by Gasteiger charge is 2.22. The van der Waals surface area contributed by atoms with E-state index in [-0.39, 0.29) is 11.9 Å². The number of nitrogens with one attached hydrogen (secondary N) is 2. The normalized spacial score (nSPS) is 16.4. The first-order valence-electron chi connectivity index (χ1n) is 9.59. The van der Waals surface area contributed by atoms with Crippen LogP contribution in [0.15, 0.2) is 42.6 Å². The van der Waals surface area contributed by atoms with E-state index in [4.69, 9.17) is 11.6 Å². The van der Waals surface area contributed by atoms with Crippen LogP contribution in [0.3, 0.4) is 0 Å². The Morgan fingerprint density at radius 3 is 2.52 bits per heavy atom. The lowest BCUT2D eigenvalue weighted by molar-refractivity contribution is 0.0933. The summed E-state index contributed by atoms with van der Waals surface area (Å²) >= 11 is 6.07. The molecule has 1 aromatic carbocycles. The number of anilines is 1. The summed E-state index contributed by atoms with van der Waals surface area (Å²) in [6, 6.07) is 11.6. The van der Waals surface area contributed by atoms with Gasteiger partial charge in [-0.05, 0) is 55.8 Å². The molecule has 3 rings (SSSR count). The molecule has 0 aliphatic carbocycles. The molecular weight excluding hydrogens is 360 g/mol. The summed E-state index contributed by atoms with van der Waals surface area (Å²) in [7, 11) is 1.79. The van der Waals surface area contributed by atoms with Crippen molar-refractivity contribution in [1.29, 1.82) is 0 Å². The Balaban J connectivity index is 1.74. The maximum atomic E-state index is 12.6. The van der Waals surface area contributed by atoms with Gasteiger partial charge in [-0.2, -0.15) is 0 Å². The van der Waals surface area contributed by atoms with Crippen molar-refractivity contribution in [2.45, 2.75) is 31.7 Å². The summed E-state index contributed by atoms with van der Waals surface area (Å²) in [5.41, 5.74) is 1.80. The lowest BCUT2D eigenvalue weighted by atomic mass is 10.0. The van der Waals surface area contributed by atoms with Crippen molar-refractivity contribution in [2.75, 3.05) is 32.0 Å². The number of amides is 1. The van der Waals surface area contributed by atoms with E-state index < -0.39 is 0 Å². The standard InChI is InChI=1S/C21H27ClN4O/c1-23-20-14-17(10-11-24-20)21(27)25-15-19(16-6-8-18(22)9-7-16)26-12-4-2-3-5-13-26/h6-11,14,19H,2-5,12-13,15H2,1H3,(H,23,24)(H,25,27). The van der Waals surface area contributed by atoms with E-state index in [0.717, 1.165) is 18.1 Å². The highest BCUT2D eigenvalue weighted by atomic mass is 35.5. The van der Waals surface area contributed by atoms with E-state index in [1.54, 1.807) is 25.4 Å². The van der Waals surface area contributed by atoms with Gasteiger partial charge < -0.3 is 10.6 Å². The molecule has 6 heteroatoms. The van der Waals surface area contributed by atoms with Gasteiger partial charge in [0.05, 0.1) is 6.04 Å². The largest absolute Gasteiger partial charge is 0.373 e. The zero-order chi connectivity index (χ0) is 19.1. The number of carbonyl (C=O) groups is 1. The minimum Gasteiger partial charge on any atom is -0.373 e. The highest BCUT2D eigenvalue weighted by molar-refractivity contribution is 6.30. The van der Waals surface area contributed by atoms with E-state index in [9.17, 15) is 4.79 Å². The second-order valence-electron chi connectivity index (χ2n) is 6.91. The number of halogens is 1. The Kier molecular flexibility index (Phi) is 7.07. The maximum absolute atomic E-state index is 12.6. The number of likely N-dealkylation sites (tertiary alicyclic amines) is 1. The molecule has 1 aromatic heterocycles. The van der Waals surface area contributed by atoms with Crippen LogP contribution in [0.1, 0.15) is 47.6 Å². The first kappa shape index (κ1) is 19.6. The molecule has 2 heterocycles. The molecule has 2 N–H and O–H groups in total. The van der Waals surface area contributed by atoms with Crippen LogP contribution in [0.5, 0.6) is 0 Å². The van der Waals surface area contributed by atoms with Crippen molar-refractivity contribution >= 4 is 23.3 Å². The van der Waals surface area contributed by atoms with Crippen LogP contribution in [-0.2, 0) is 0 Å². The van der Waals surface area contributed by atoms with Crippen molar-refractivity contribution in [3.05, 3.63) is 58.7 Å². The zero-order valence-electron chi connectivity index (χ0n) is 15.7. The summed E-state index contributed by atoms with van der Waals surface area (Å²) in [5, 5.41) is 6.81. The van der Waals surface area contributed by atoms with Crippen molar-refractivity contribution in [3.63, 3.8) is 0 Å². The molecule has 144 valence electrons. The Hall–Kier alpha value is -2.11. The van der Waals surface area contributed by atoms with Gasteiger partial charge in [-0.3, -0.25) is 9.69 Å². The monoisotopic (exact) mass is 386 g/mol. The van der Waals surface area contributed by atoms with E-state index >= 15 is 0 Å². The van der Waals surface area contributed by atoms with Crippen LogP contribution in [-0.4, -0.2) is 42.5 Å². The Morgan fingerprint density at radius 2 is 1.85 bits per heavy atom. The first-order valence-corrected chi connectivity index (χ1v) is 9.96. The molecule has 1 amide bonds. The van der Waals surface area contributed by atoms with Crippen molar-refractivity contribution in [2.24, 2.45) is 0 Å². The second-order valence-corrected chi connectivity index (χ2v) is 7.34. The van der Waals surface area contributed by atoms with E-state index in [1.807, 2.05) is 12.1 Å². The third-order valence-electron chi connectivity index (χ3n) is 5.07. The summed E-state index contributed by atoms with van der Waals surface area (Å²) in [4.78, 5) is 19.3. The average Bonchev–Trinajstić information content (AvgIpc) is 2.99. The van der Waals surface area contributed by atoms with Crippen LogP contribution in [0.2, 0.25) is 5.02 Å². The molecule has 0 bridgehead atoms. The van der Waals surface area contributed by atoms with Crippen molar-refractivity contribution in [3.8, 4) is 0 Å². The summed E-state index contributed by atoms with van der Waals surface area (Å²) in [6.07, 6.45) is 6.61. The Bertz CT molecular complexity index is 742. The average molecular weight is 387 g/mol. The van der Waals surface area contributed by atoms with E-state index in [0.29, 0.717) is 17.9 Å². The Morgan fingerprint density at radius 1 is 1.15 bits per heavy atom. The fourth-order valence-corrected chi connectivity index (χ4v) is 3.68. The molecule has 1 fully saturated rings. The van der Waals surface area contributed by atoms with Crippen molar-refractivity contribution < 1.29 is 4.79 Å². The molecule has 1 unspecified atom stereocenters. The highest BCUT2D eigenvalue weighted by Crippen LogP contribution is 2.25. The number of hydrogen-bond donors (Lipinski definition) is 2. The minimum absolute atomic E-state index is 0.0808. The van der Waals surface area contributed by atoms with Gasteiger partial charge in [0, 0.05) is 30.4 Å². The third-order valence-corrected chi connectivity index (χ3v) is 5.32. The van der Waals surface area contributed by atoms with Gasteiger partial charge in [-0.15, -0.1) is 0 Å². The minimum atomic E-state index is -0.0808. The SMILES string of the molecule is CNc1cc(C(=O)NCC(c2ccc(Cl)cc2)N2CCCCCC2)ccn1. The summed E-state index contributed by atoms with van der Waals surface area (Å²) in [5.74, 6) is 0.604. The van der Waals surface area contributed by atoms with Gasteiger partial charge in [-0.1, -0.05) is 36.6 Å². The first-order chi connectivity index (χ1) is 13.2. The predicted molar refractivity (Wildman–Crippen MR) is 110 cm³/mol. The molecule has 2 aromatic rings. The lowest BCUT2D eigenvalue weighted by Gasteiger charge is -2.31. The van der Waals surface area contributed by atoms with Gasteiger partial charge >= 0.3 is 0 Å².